The lowest BCUT2D eigenvalue weighted by Crippen LogP contribution is -2.18. The summed E-state index contributed by atoms with van der Waals surface area (Å²) in [5.41, 5.74) is 1.59. The molecule has 1 fully saturated rings. The lowest BCUT2D eigenvalue weighted by Gasteiger charge is -2.08. The maximum Gasteiger partial charge on any atom is 0.323 e. The molecule has 0 bridgehead atoms. The van der Waals surface area contributed by atoms with Gasteiger partial charge in [0.05, 0.1) is 28.6 Å². The van der Waals surface area contributed by atoms with E-state index in [0.717, 1.165) is 35.5 Å². The average Bonchev–Trinajstić information content (AvgIpc) is 3.39. The van der Waals surface area contributed by atoms with Gasteiger partial charge in [-0.05, 0) is 40.9 Å². The molecular formula is C16H17BrN6O3S2. The predicted octanol–water partition coefficient (Wildman–Crippen LogP) is 2.79. The quantitative estimate of drug-likeness (QED) is 0.380. The fourth-order valence-electron chi connectivity index (χ4n) is 2.81. The van der Waals surface area contributed by atoms with Crippen LogP contribution in [0.2, 0.25) is 0 Å². The summed E-state index contributed by atoms with van der Waals surface area (Å²) in [7, 11) is 0. The number of aromatic nitrogens is 4. The van der Waals surface area contributed by atoms with Gasteiger partial charge in [0.1, 0.15) is 0 Å². The molecule has 1 aliphatic heterocycles. The van der Waals surface area contributed by atoms with E-state index >= 15 is 0 Å². The molecule has 0 radical (unpaired) electrons. The van der Waals surface area contributed by atoms with Crippen molar-refractivity contribution in [2.45, 2.75) is 23.3 Å². The molecule has 9 nitrogen and oxygen atoms in total. The molecule has 4 rings (SSSR count). The number of rotatable bonds is 7. The molecule has 2 aromatic heterocycles. The monoisotopic (exact) mass is 484 g/mol. The molecule has 1 aromatic carbocycles. The average molecular weight is 485 g/mol. The Balaban J connectivity index is 1.29. The predicted molar refractivity (Wildman–Crippen MR) is 113 cm³/mol. The number of H-pyrrole nitrogens is 2. The number of anilines is 2. The summed E-state index contributed by atoms with van der Waals surface area (Å²) in [4.78, 5) is 29.0. The highest BCUT2D eigenvalue weighted by molar-refractivity contribution is 9.10. The molecule has 4 N–H and O–H groups in total. The van der Waals surface area contributed by atoms with Gasteiger partial charge in [0, 0.05) is 17.6 Å². The van der Waals surface area contributed by atoms with Crippen LogP contribution in [0.15, 0.2) is 25.7 Å². The van der Waals surface area contributed by atoms with Crippen molar-refractivity contribution in [2.24, 2.45) is 0 Å². The topological polar surface area (TPSA) is 125 Å². The van der Waals surface area contributed by atoms with Crippen molar-refractivity contribution >= 4 is 66.8 Å². The summed E-state index contributed by atoms with van der Waals surface area (Å²) in [6.07, 6.45) is 2.39. The highest BCUT2D eigenvalue weighted by Gasteiger charge is 2.16. The summed E-state index contributed by atoms with van der Waals surface area (Å²) in [5.74, 6) is 0.0288. The van der Waals surface area contributed by atoms with E-state index in [4.69, 9.17) is 4.74 Å². The molecular weight excluding hydrogens is 468 g/mol. The number of aromatic amines is 2. The molecule has 1 saturated heterocycles. The van der Waals surface area contributed by atoms with E-state index in [1.807, 2.05) is 0 Å². The van der Waals surface area contributed by atoms with Gasteiger partial charge in [-0.15, -0.1) is 10.2 Å². The van der Waals surface area contributed by atoms with Gasteiger partial charge in [0.25, 0.3) is 0 Å². The zero-order chi connectivity index (χ0) is 19.5. The molecule has 3 heterocycles. The summed E-state index contributed by atoms with van der Waals surface area (Å²) in [6.45, 7) is 1.54. The molecule has 0 aliphatic carbocycles. The van der Waals surface area contributed by atoms with Crippen LogP contribution >= 0.6 is 39.0 Å². The number of nitrogens with one attached hydrogen (secondary N) is 4. The van der Waals surface area contributed by atoms with Crippen molar-refractivity contribution in [3.63, 3.8) is 0 Å². The number of nitrogens with zero attached hydrogens (tertiary/aromatic N) is 2. The van der Waals surface area contributed by atoms with E-state index in [1.54, 1.807) is 12.1 Å². The maximum atomic E-state index is 12.3. The number of halogens is 1. The second-order valence-electron chi connectivity index (χ2n) is 6.18. The van der Waals surface area contributed by atoms with Crippen molar-refractivity contribution < 1.29 is 9.53 Å². The van der Waals surface area contributed by atoms with E-state index in [9.17, 15) is 9.59 Å². The smallest absolute Gasteiger partial charge is 0.323 e. The van der Waals surface area contributed by atoms with Gasteiger partial charge in [0.2, 0.25) is 11.0 Å². The number of amides is 1. The second kappa shape index (κ2) is 8.64. The van der Waals surface area contributed by atoms with E-state index < -0.39 is 0 Å². The molecule has 3 aromatic rings. The Morgan fingerprint density at radius 3 is 2.96 bits per heavy atom. The first kappa shape index (κ1) is 19.4. The van der Waals surface area contributed by atoms with Crippen LogP contribution in [0.4, 0.5) is 10.8 Å². The summed E-state index contributed by atoms with van der Waals surface area (Å²) in [6, 6.07) is 3.45. The van der Waals surface area contributed by atoms with Crippen LogP contribution in [0.1, 0.15) is 12.8 Å². The molecule has 1 aliphatic rings. The Labute approximate surface area is 176 Å². The van der Waals surface area contributed by atoms with Crippen LogP contribution in [0.25, 0.3) is 11.0 Å². The first-order chi connectivity index (χ1) is 13.6. The Bertz CT molecular complexity index is 1040. The molecule has 1 amide bonds. The Morgan fingerprint density at radius 1 is 1.36 bits per heavy atom. The number of benzene rings is 1. The zero-order valence-corrected chi connectivity index (χ0v) is 17.8. The number of fused-ring (bicyclic) bond motifs is 1. The number of imidazole rings is 1. The van der Waals surface area contributed by atoms with Gasteiger partial charge in [-0.1, -0.05) is 23.1 Å². The molecule has 1 atom stereocenters. The van der Waals surface area contributed by atoms with Crippen LogP contribution < -0.4 is 16.3 Å². The molecule has 0 spiro atoms. The third-order valence-corrected chi connectivity index (χ3v) is 6.79. The molecule has 1 unspecified atom stereocenters. The first-order valence-corrected chi connectivity index (χ1v) is 11.2. The van der Waals surface area contributed by atoms with E-state index in [0.29, 0.717) is 21.2 Å². The maximum absolute atomic E-state index is 12.3. The van der Waals surface area contributed by atoms with E-state index in [-0.39, 0.29) is 23.5 Å². The number of carbonyl (C=O) groups excluding carboxylic acids is 1. The Hall–Kier alpha value is -1.89. The van der Waals surface area contributed by atoms with Gasteiger partial charge < -0.3 is 25.3 Å². The third-order valence-electron chi connectivity index (χ3n) is 4.12. The number of ether oxygens (including phenoxy) is 1. The molecule has 12 heteroatoms. The van der Waals surface area contributed by atoms with E-state index in [1.165, 1.54) is 23.1 Å². The third kappa shape index (κ3) is 4.74. The largest absolute Gasteiger partial charge is 0.376 e. The minimum atomic E-state index is -0.291. The molecule has 0 saturated carbocycles. The minimum absolute atomic E-state index is 0.174. The van der Waals surface area contributed by atoms with Crippen molar-refractivity contribution in [3.8, 4) is 0 Å². The van der Waals surface area contributed by atoms with Gasteiger partial charge in [0.15, 0.2) is 4.34 Å². The molecule has 28 heavy (non-hydrogen) atoms. The van der Waals surface area contributed by atoms with Gasteiger partial charge in [-0.2, -0.15) is 0 Å². The number of hydrogen-bond donors (Lipinski definition) is 4. The number of carbonyl (C=O) groups is 1. The van der Waals surface area contributed by atoms with Crippen LogP contribution in [0.3, 0.4) is 0 Å². The van der Waals surface area contributed by atoms with Crippen LogP contribution in [0.5, 0.6) is 0 Å². The summed E-state index contributed by atoms with van der Waals surface area (Å²) >= 11 is 6.14. The lowest BCUT2D eigenvalue weighted by molar-refractivity contribution is -0.113. The highest BCUT2D eigenvalue weighted by atomic mass is 79.9. The Kier molecular flexibility index (Phi) is 5.99. The minimum Gasteiger partial charge on any atom is -0.376 e. The Morgan fingerprint density at radius 2 is 2.18 bits per heavy atom. The first-order valence-electron chi connectivity index (χ1n) is 8.60. The van der Waals surface area contributed by atoms with Gasteiger partial charge >= 0.3 is 5.69 Å². The van der Waals surface area contributed by atoms with Crippen molar-refractivity contribution in [2.75, 3.05) is 29.5 Å². The normalized spacial score (nSPS) is 16.5. The lowest BCUT2D eigenvalue weighted by atomic mass is 10.2. The summed E-state index contributed by atoms with van der Waals surface area (Å²) < 4.78 is 6.97. The standard InChI is InChI=1S/C16H17BrN6O3S2/c17-9-4-11-12(21-14(25)20-11)5-10(9)19-13(24)7-27-16-23-22-15(28-16)18-6-8-2-1-3-26-8/h4-5,8H,1-3,6-7H2,(H,18,22)(H,19,24)(H2,20,21,25). The highest BCUT2D eigenvalue weighted by Crippen LogP contribution is 2.28. The van der Waals surface area contributed by atoms with Gasteiger partial charge in [-0.3, -0.25) is 4.79 Å². The molecule has 148 valence electrons. The SMILES string of the molecule is O=C(CSc1nnc(NCC2CCCO2)s1)Nc1cc2[nH]c(=O)[nH]c2cc1Br. The fraction of sp³-hybridized carbons (Fsp3) is 0.375. The summed E-state index contributed by atoms with van der Waals surface area (Å²) in [5, 5.41) is 15.0. The van der Waals surface area contributed by atoms with Crippen molar-refractivity contribution in [1.29, 1.82) is 0 Å². The van der Waals surface area contributed by atoms with Crippen LogP contribution in [-0.4, -0.2) is 51.1 Å². The van der Waals surface area contributed by atoms with Crippen LogP contribution in [0, 0.1) is 0 Å². The number of hydrogen-bond acceptors (Lipinski definition) is 8. The van der Waals surface area contributed by atoms with E-state index in [2.05, 4.69) is 46.7 Å². The fourth-order valence-corrected chi connectivity index (χ4v) is 4.81. The zero-order valence-electron chi connectivity index (χ0n) is 14.6. The van der Waals surface area contributed by atoms with Gasteiger partial charge in [-0.25, -0.2) is 4.79 Å². The van der Waals surface area contributed by atoms with Crippen LogP contribution in [-0.2, 0) is 9.53 Å². The second-order valence-corrected chi connectivity index (χ2v) is 9.24. The van der Waals surface area contributed by atoms with Crippen molar-refractivity contribution in [3.05, 3.63) is 27.1 Å². The van der Waals surface area contributed by atoms with Crippen molar-refractivity contribution in [1.82, 2.24) is 20.2 Å². The number of thioether (sulfide) groups is 1.